The number of nitrogens with one attached hydrogen (secondary N) is 2. The molecule has 2 bridgehead atoms. The van der Waals surface area contributed by atoms with Crippen LogP contribution in [0.5, 0.6) is 11.5 Å². The zero-order valence-electron chi connectivity index (χ0n) is 21.2. The quantitative estimate of drug-likeness (QED) is 0.521. The predicted molar refractivity (Wildman–Crippen MR) is 144 cm³/mol. The van der Waals surface area contributed by atoms with Gasteiger partial charge in [-0.15, -0.1) is 11.3 Å². The summed E-state index contributed by atoms with van der Waals surface area (Å²) in [7, 11) is 1.60. The molecule has 3 heterocycles. The van der Waals surface area contributed by atoms with Crippen molar-refractivity contribution in [1.29, 1.82) is 0 Å². The first-order chi connectivity index (χ1) is 17.8. The summed E-state index contributed by atoms with van der Waals surface area (Å²) in [6.07, 6.45) is 3.60. The zero-order chi connectivity index (χ0) is 26.4. The van der Waals surface area contributed by atoms with Crippen molar-refractivity contribution in [2.24, 2.45) is 5.92 Å². The summed E-state index contributed by atoms with van der Waals surface area (Å²) < 4.78 is 14.3. The standard InChI is InChI=1S/C26H32ClN5O4S/c1-17(2)24-26(34)29-9-11-32-10-8-28-25(32)18-4-6-20(35-3)21(14-18)36-13-12-31(16-23(33)30-24)15-19-5-7-22(27)37-19/h4-8,10,14,17,24H,9,11-13,15-16H2,1-3H3,(H,29,34)(H,30,33)/t24-/m1/s1. The highest BCUT2D eigenvalue weighted by Gasteiger charge is 2.25. The van der Waals surface area contributed by atoms with E-state index in [2.05, 4.69) is 15.6 Å². The van der Waals surface area contributed by atoms with Gasteiger partial charge in [-0.2, -0.15) is 0 Å². The molecule has 2 amide bonds. The molecule has 1 aliphatic heterocycles. The molecule has 0 fully saturated rings. The predicted octanol–water partition coefficient (Wildman–Crippen LogP) is 3.43. The number of fused-ring (bicyclic) bond motifs is 4. The number of aromatic nitrogens is 2. The third kappa shape index (κ3) is 7.03. The Bertz CT molecular complexity index is 1230. The molecule has 1 atom stereocenters. The number of halogens is 1. The molecule has 1 aliphatic rings. The third-order valence-corrected chi connectivity index (χ3v) is 7.31. The first kappa shape index (κ1) is 27.0. The SMILES string of the molecule is COc1ccc2cc1OCCN(Cc1ccc(Cl)s1)CC(=O)N[C@H](C(C)C)C(=O)NCCn1ccnc1-2. The topological polar surface area (TPSA) is 97.7 Å². The van der Waals surface area contributed by atoms with Crippen LogP contribution >= 0.6 is 22.9 Å². The summed E-state index contributed by atoms with van der Waals surface area (Å²) in [5, 5.41) is 5.89. The second-order valence-corrected chi connectivity index (χ2v) is 11.0. The Kier molecular flexibility index (Phi) is 9.07. The normalized spacial score (nSPS) is 17.9. The number of hydrogen-bond donors (Lipinski definition) is 2. The van der Waals surface area contributed by atoms with E-state index in [0.29, 0.717) is 48.6 Å². The van der Waals surface area contributed by atoms with E-state index in [1.54, 1.807) is 13.3 Å². The Morgan fingerprint density at radius 1 is 1.24 bits per heavy atom. The smallest absolute Gasteiger partial charge is 0.242 e. The minimum absolute atomic E-state index is 0.0725. The van der Waals surface area contributed by atoms with Crippen molar-refractivity contribution in [1.82, 2.24) is 25.1 Å². The van der Waals surface area contributed by atoms with Gasteiger partial charge in [-0.25, -0.2) is 4.98 Å². The van der Waals surface area contributed by atoms with E-state index in [9.17, 15) is 9.59 Å². The van der Waals surface area contributed by atoms with Crippen LogP contribution in [-0.2, 0) is 22.7 Å². The van der Waals surface area contributed by atoms with Gasteiger partial charge >= 0.3 is 0 Å². The van der Waals surface area contributed by atoms with E-state index >= 15 is 0 Å². The lowest BCUT2D eigenvalue weighted by atomic mass is 10.0. The van der Waals surface area contributed by atoms with Crippen molar-refractivity contribution < 1.29 is 19.1 Å². The van der Waals surface area contributed by atoms with Gasteiger partial charge in [0.1, 0.15) is 18.5 Å². The number of thiophene rings is 1. The van der Waals surface area contributed by atoms with E-state index in [1.165, 1.54) is 11.3 Å². The van der Waals surface area contributed by atoms with Crippen LogP contribution in [0.4, 0.5) is 0 Å². The number of benzene rings is 1. The number of rotatable bonds is 4. The number of carbonyl (C=O) groups is 2. The van der Waals surface area contributed by atoms with E-state index in [0.717, 1.165) is 16.3 Å². The Morgan fingerprint density at radius 3 is 2.81 bits per heavy atom. The number of amides is 2. The summed E-state index contributed by atoms with van der Waals surface area (Å²) in [5.41, 5.74) is 0.874. The van der Waals surface area contributed by atoms with Gasteiger partial charge in [0.15, 0.2) is 11.5 Å². The molecule has 0 unspecified atom stereocenters. The maximum atomic E-state index is 13.0. The Hall–Kier alpha value is -3.08. The van der Waals surface area contributed by atoms with E-state index < -0.39 is 6.04 Å². The lowest BCUT2D eigenvalue weighted by Crippen LogP contribution is -2.52. The first-order valence-corrected chi connectivity index (χ1v) is 13.4. The summed E-state index contributed by atoms with van der Waals surface area (Å²) >= 11 is 7.60. The molecule has 2 N–H and O–H groups in total. The van der Waals surface area contributed by atoms with Crippen molar-refractivity contribution in [3.63, 3.8) is 0 Å². The molecular formula is C26H32ClN5O4S. The van der Waals surface area contributed by atoms with Crippen LogP contribution in [0.1, 0.15) is 18.7 Å². The first-order valence-electron chi connectivity index (χ1n) is 12.2. The fourth-order valence-electron chi connectivity index (χ4n) is 4.20. The highest BCUT2D eigenvalue weighted by molar-refractivity contribution is 7.16. The van der Waals surface area contributed by atoms with Gasteiger partial charge in [-0.05, 0) is 36.2 Å². The van der Waals surface area contributed by atoms with Crippen molar-refractivity contribution in [3.05, 3.63) is 51.9 Å². The molecule has 9 nitrogen and oxygen atoms in total. The van der Waals surface area contributed by atoms with Crippen LogP contribution in [0, 0.1) is 5.92 Å². The van der Waals surface area contributed by atoms with Gasteiger partial charge in [0.05, 0.1) is 18.0 Å². The van der Waals surface area contributed by atoms with Gasteiger partial charge in [-0.3, -0.25) is 14.5 Å². The third-order valence-electron chi connectivity index (χ3n) is 6.10. The maximum absolute atomic E-state index is 13.0. The number of methoxy groups -OCH3 is 1. The molecular weight excluding hydrogens is 514 g/mol. The number of imidazole rings is 1. The number of carbonyl (C=O) groups excluding carboxylic acids is 2. The van der Waals surface area contributed by atoms with Crippen LogP contribution in [0.2, 0.25) is 4.34 Å². The van der Waals surface area contributed by atoms with Gasteiger partial charge in [0.2, 0.25) is 11.8 Å². The summed E-state index contributed by atoms with van der Waals surface area (Å²) in [6, 6.07) is 8.84. The molecule has 0 saturated carbocycles. The van der Waals surface area contributed by atoms with E-state index in [-0.39, 0.29) is 24.3 Å². The largest absolute Gasteiger partial charge is 0.493 e. The van der Waals surface area contributed by atoms with Crippen molar-refractivity contribution in [2.75, 3.05) is 33.4 Å². The number of hydrogen-bond acceptors (Lipinski definition) is 7. The van der Waals surface area contributed by atoms with Crippen molar-refractivity contribution >= 4 is 34.8 Å². The minimum Gasteiger partial charge on any atom is -0.493 e. The molecule has 0 aliphatic carbocycles. The molecule has 3 aromatic rings. The average molecular weight is 546 g/mol. The van der Waals surface area contributed by atoms with Gasteiger partial charge < -0.3 is 24.7 Å². The summed E-state index contributed by atoms with van der Waals surface area (Å²) in [5.74, 6) is 1.46. The summed E-state index contributed by atoms with van der Waals surface area (Å²) in [4.78, 5) is 33.5. The van der Waals surface area contributed by atoms with E-state index in [4.69, 9.17) is 21.1 Å². The number of ether oxygens (including phenoxy) is 2. The van der Waals surface area contributed by atoms with Crippen LogP contribution in [0.15, 0.2) is 42.7 Å². The van der Waals surface area contributed by atoms with Crippen molar-refractivity contribution in [2.45, 2.75) is 33.0 Å². The molecule has 0 radical (unpaired) electrons. The molecule has 4 rings (SSSR count). The Balaban J connectivity index is 1.62. The molecule has 2 aromatic heterocycles. The van der Waals surface area contributed by atoms with Crippen molar-refractivity contribution in [3.8, 4) is 22.9 Å². The molecule has 0 spiro atoms. The highest BCUT2D eigenvalue weighted by atomic mass is 35.5. The van der Waals surface area contributed by atoms with Crippen LogP contribution < -0.4 is 20.1 Å². The fraction of sp³-hybridized carbons (Fsp3) is 0.423. The lowest BCUT2D eigenvalue weighted by Gasteiger charge is -2.25. The molecule has 37 heavy (non-hydrogen) atoms. The highest BCUT2D eigenvalue weighted by Crippen LogP contribution is 2.32. The maximum Gasteiger partial charge on any atom is 0.242 e. The monoisotopic (exact) mass is 545 g/mol. The fourth-order valence-corrected chi connectivity index (χ4v) is 5.33. The lowest BCUT2D eigenvalue weighted by molar-refractivity contribution is -0.130. The average Bonchev–Trinajstić information content (AvgIpc) is 3.50. The van der Waals surface area contributed by atoms with Crippen LogP contribution in [0.25, 0.3) is 11.4 Å². The minimum atomic E-state index is -0.640. The molecule has 1 aromatic carbocycles. The second-order valence-electron chi connectivity index (χ2n) is 9.16. The molecule has 0 saturated heterocycles. The summed E-state index contributed by atoms with van der Waals surface area (Å²) in [6.45, 7) is 6.20. The van der Waals surface area contributed by atoms with Gasteiger partial charge in [0, 0.05) is 49.0 Å². The molecule has 11 heteroatoms. The number of nitrogens with zero attached hydrogens (tertiary/aromatic N) is 3. The Labute approximate surface area is 225 Å². The second kappa shape index (κ2) is 12.4. The van der Waals surface area contributed by atoms with E-state index in [1.807, 2.05) is 59.8 Å². The van der Waals surface area contributed by atoms with Gasteiger partial charge in [0.25, 0.3) is 0 Å². The van der Waals surface area contributed by atoms with Crippen LogP contribution in [0.3, 0.4) is 0 Å². The van der Waals surface area contributed by atoms with Gasteiger partial charge in [-0.1, -0.05) is 25.4 Å². The van der Waals surface area contributed by atoms with Crippen LogP contribution in [-0.4, -0.2) is 65.7 Å². The molecule has 198 valence electrons. The zero-order valence-corrected chi connectivity index (χ0v) is 22.8. The Morgan fingerprint density at radius 2 is 2.08 bits per heavy atom.